The number of methoxy groups -OCH3 is 1. The van der Waals surface area contributed by atoms with Crippen molar-refractivity contribution in [2.24, 2.45) is 0 Å². The lowest BCUT2D eigenvalue weighted by Crippen LogP contribution is -2.28. The van der Waals surface area contributed by atoms with Crippen LogP contribution in [0.3, 0.4) is 0 Å². The van der Waals surface area contributed by atoms with Crippen molar-refractivity contribution in [1.29, 1.82) is 0 Å². The molecule has 0 fully saturated rings. The number of nitrogens with zero attached hydrogens (tertiary/aromatic N) is 1. The standard InChI is InChI=1S/C9H9NO3/c1-13-9(11)6-5-8-4-2-3-7-10(8)12/h2-7H,1H3. The Bertz CT molecular complexity index is 333. The number of carbonyl (C=O) groups excluding carboxylic acids is 1. The van der Waals surface area contributed by atoms with Gasteiger partial charge >= 0.3 is 5.97 Å². The molecule has 0 aliphatic rings. The first-order valence-corrected chi connectivity index (χ1v) is 3.68. The van der Waals surface area contributed by atoms with E-state index in [0.717, 1.165) is 0 Å². The van der Waals surface area contributed by atoms with Crippen molar-refractivity contribution in [2.45, 2.75) is 0 Å². The quantitative estimate of drug-likeness (QED) is 0.287. The third kappa shape index (κ3) is 2.59. The van der Waals surface area contributed by atoms with E-state index >= 15 is 0 Å². The first kappa shape index (κ1) is 9.25. The molecule has 1 aromatic heterocycles. The van der Waals surface area contributed by atoms with Gasteiger partial charge in [0.15, 0.2) is 6.20 Å². The first-order valence-electron chi connectivity index (χ1n) is 3.68. The van der Waals surface area contributed by atoms with Crippen LogP contribution in [-0.2, 0) is 9.53 Å². The van der Waals surface area contributed by atoms with Crippen molar-refractivity contribution in [3.8, 4) is 0 Å². The lowest BCUT2D eigenvalue weighted by Gasteiger charge is -1.97. The maximum absolute atomic E-state index is 11.0. The van der Waals surface area contributed by atoms with Gasteiger partial charge in [-0.25, -0.2) is 4.79 Å². The van der Waals surface area contributed by atoms with Crippen LogP contribution in [0.2, 0.25) is 0 Å². The fourth-order valence-corrected chi connectivity index (χ4v) is 0.792. The summed E-state index contributed by atoms with van der Waals surface area (Å²) >= 11 is 0. The first-order chi connectivity index (χ1) is 6.24. The summed E-state index contributed by atoms with van der Waals surface area (Å²) in [5, 5.41) is 11.0. The van der Waals surface area contributed by atoms with E-state index in [4.69, 9.17) is 0 Å². The molecule has 0 saturated heterocycles. The lowest BCUT2D eigenvalue weighted by molar-refractivity contribution is -0.607. The summed E-state index contributed by atoms with van der Waals surface area (Å²) < 4.78 is 5.04. The summed E-state index contributed by atoms with van der Waals surface area (Å²) in [6, 6.07) is 4.93. The van der Waals surface area contributed by atoms with Gasteiger partial charge in [0.05, 0.1) is 7.11 Å². The molecular formula is C9H9NO3. The second-order valence-corrected chi connectivity index (χ2v) is 2.31. The van der Waals surface area contributed by atoms with E-state index in [9.17, 15) is 10.0 Å². The van der Waals surface area contributed by atoms with E-state index in [1.165, 1.54) is 25.5 Å². The van der Waals surface area contributed by atoms with Crippen molar-refractivity contribution in [3.63, 3.8) is 0 Å². The third-order valence-electron chi connectivity index (χ3n) is 1.45. The number of hydrogen-bond donors (Lipinski definition) is 0. The fourth-order valence-electron chi connectivity index (χ4n) is 0.792. The van der Waals surface area contributed by atoms with Gasteiger partial charge < -0.3 is 9.94 Å². The highest BCUT2D eigenvalue weighted by Crippen LogP contribution is 1.94. The van der Waals surface area contributed by atoms with E-state index in [-0.39, 0.29) is 0 Å². The van der Waals surface area contributed by atoms with Gasteiger partial charge in [-0.15, -0.1) is 0 Å². The number of pyridine rings is 1. The van der Waals surface area contributed by atoms with Crippen molar-refractivity contribution in [3.05, 3.63) is 41.4 Å². The Morgan fingerprint density at radius 1 is 1.62 bits per heavy atom. The summed E-state index contributed by atoms with van der Waals surface area (Å²) in [5.74, 6) is -0.483. The van der Waals surface area contributed by atoms with Gasteiger partial charge in [0.1, 0.15) is 0 Å². The molecule has 1 aromatic rings. The zero-order chi connectivity index (χ0) is 9.68. The predicted molar refractivity (Wildman–Crippen MR) is 46.5 cm³/mol. The van der Waals surface area contributed by atoms with Gasteiger partial charge in [-0.1, -0.05) is 0 Å². The van der Waals surface area contributed by atoms with Crippen LogP contribution in [0.1, 0.15) is 5.69 Å². The molecule has 0 aliphatic heterocycles. The van der Waals surface area contributed by atoms with Crippen LogP contribution in [0.15, 0.2) is 30.5 Å². The van der Waals surface area contributed by atoms with Crippen LogP contribution in [0.4, 0.5) is 0 Å². The van der Waals surface area contributed by atoms with Gasteiger partial charge in [-0.3, -0.25) is 0 Å². The predicted octanol–water partition coefficient (Wildman–Crippen LogP) is 0.506. The van der Waals surface area contributed by atoms with Crippen LogP contribution in [0, 0.1) is 5.21 Å². The Kier molecular flexibility index (Phi) is 3.03. The monoisotopic (exact) mass is 179 g/mol. The smallest absolute Gasteiger partial charge is 0.330 e. The highest BCUT2D eigenvalue weighted by Gasteiger charge is 1.98. The molecule has 1 rings (SSSR count). The summed E-state index contributed by atoms with van der Waals surface area (Å²) in [6.07, 6.45) is 3.96. The minimum atomic E-state index is -0.483. The van der Waals surface area contributed by atoms with E-state index in [1.54, 1.807) is 18.2 Å². The molecule has 0 radical (unpaired) electrons. The topological polar surface area (TPSA) is 53.2 Å². The second kappa shape index (κ2) is 4.25. The number of esters is 1. The molecule has 68 valence electrons. The molecular weight excluding hydrogens is 170 g/mol. The van der Waals surface area contributed by atoms with Crippen molar-refractivity contribution < 1.29 is 14.3 Å². The number of aromatic nitrogens is 1. The molecule has 13 heavy (non-hydrogen) atoms. The second-order valence-electron chi connectivity index (χ2n) is 2.31. The zero-order valence-electron chi connectivity index (χ0n) is 7.14. The molecule has 0 bridgehead atoms. The number of carbonyl (C=O) groups is 1. The summed E-state index contributed by atoms with van der Waals surface area (Å²) in [7, 11) is 1.28. The molecule has 0 spiro atoms. The molecule has 0 amide bonds. The van der Waals surface area contributed by atoms with E-state index in [2.05, 4.69) is 4.74 Å². The highest BCUT2D eigenvalue weighted by atomic mass is 16.5. The van der Waals surface area contributed by atoms with Crippen LogP contribution < -0.4 is 4.73 Å². The maximum Gasteiger partial charge on any atom is 0.330 e. The molecule has 0 aliphatic carbocycles. The minimum absolute atomic E-state index is 0.396. The number of hydrogen-bond acceptors (Lipinski definition) is 3. The number of ether oxygens (including phenoxy) is 1. The molecule has 0 N–H and O–H groups in total. The normalized spacial score (nSPS) is 10.2. The van der Waals surface area contributed by atoms with Crippen molar-refractivity contribution >= 4 is 12.0 Å². The van der Waals surface area contributed by atoms with Crippen molar-refractivity contribution in [2.75, 3.05) is 7.11 Å². The largest absolute Gasteiger partial charge is 0.618 e. The van der Waals surface area contributed by atoms with Crippen molar-refractivity contribution in [1.82, 2.24) is 0 Å². The van der Waals surface area contributed by atoms with Gasteiger partial charge in [0.25, 0.3) is 0 Å². The average Bonchev–Trinajstić information content (AvgIpc) is 2.16. The average molecular weight is 179 g/mol. The van der Waals surface area contributed by atoms with Crippen LogP contribution >= 0.6 is 0 Å². The van der Waals surface area contributed by atoms with E-state index in [0.29, 0.717) is 10.4 Å². The Morgan fingerprint density at radius 3 is 3.00 bits per heavy atom. The Balaban J connectivity index is 2.80. The fraction of sp³-hybridized carbons (Fsp3) is 0.111. The third-order valence-corrected chi connectivity index (χ3v) is 1.45. The van der Waals surface area contributed by atoms with Crippen LogP contribution in [0.5, 0.6) is 0 Å². The Hall–Kier alpha value is -1.84. The minimum Gasteiger partial charge on any atom is -0.618 e. The van der Waals surface area contributed by atoms with Crippen LogP contribution in [0.25, 0.3) is 6.08 Å². The molecule has 0 atom stereocenters. The van der Waals surface area contributed by atoms with E-state index < -0.39 is 5.97 Å². The van der Waals surface area contributed by atoms with Gasteiger partial charge in [0.2, 0.25) is 5.69 Å². The Labute approximate surface area is 75.7 Å². The Morgan fingerprint density at radius 2 is 2.38 bits per heavy atom. The molecule has 1 heterocycles. The van der Waals surface area contributed by atoms with Crippen LogP contribution in [-0.4, -0.2) is 13.1 Å². The SMILES string of the molecule is COC(=O)C=Cc1cccc[n+]1[O-]. The maximum atomic E-state index is 11.0. The lowest BCUT2D eigenvalue weighted by atomic mass is 10.3. The van der Waals surface area contributed by atoms with Gasteiger partial charge in [-0.2, -0.15) is 4.73 Å². The number of rotatable bonds is 2. The molecule has 4 nitrogen and oxygen atoms in total. The molecule has 0 unspecified atom stereocenters. The summed E-state index contributed by atoms with van der Waals surface area (Å²) in [4.78, 5) is 10.7. The zero-order valence-corrected chi connectivity index (χ0v) is 7.14. The van der Waals surface area contributed by atoms with Gasteiger partial charge in [0, 0.05) is 24.3 Å². The summed E-state index contributed by atoms with van der Waals surface area (Å²) in [5.41, 5.74) is 0.396. The summed E-state index contributed by atoms with van der Waals surface area (Å²) in [6.45, 7) is 0. The molecule has 0 saturated carbocycles. The molecule has 4 heteroatoms. The van der Waals surface area contributed by atoms with Gasteiger partial charge in [-0.05, 0) is 6.07 Å². The highest BCUT2D eigenvalue weighted by molar-refractivity contribution is 5.86. The molecule has 0 aromatic carbocycles. The van der Waals surface area contributed by atoms with E-state index in [1.807, 2.05) is 0 Å².